The van der Waals surface area contributed by atoms with Gasteiger partial charge in [-0.25, -0.2) is 4.98 Å². The zero-order valence-electron chi connectivity index (χ0n) is 14.2. The molecule has 1 aliphatic rings. The van der Waals surface area contributed by atoms with Crippen LogP contribution in [0.5, 0.6) is 11.6 Å². The predicted molar refractivity (Wildman–Crippen MR) is 93.1 cm³/mol. The predicted octanol–water partition coefficient (Wildman–Crippen LogP) is 4.04. The second-order valence-electron chi connectivity index (χ2n) is 6.32. The van der Waals surface area contributed by atoms with Crippen molar-refractivity contribution in [3.05, 3.63) is 51.2 Å². The highest BCUT2D eigenvalue weighted by Gasteiger charge is 2.20. The fourth-order valence-corrected chi connectivity index (χ4v) is 3.19. The summed E-state index contributed by atoms with van der Waals surface area (Å²) >= 11 is 0. The molecule has 0 bridgehead atoms. The molecule has 3 rings (SSSR count). The van der Waals surface area contributed by atoms with E-state index in [4.69, 9.17) is 4.74 Å². The number of pyridine rings is 1. The summed E-state index contributed by atoms with van der Waals surface area (Å²) in [5.41, 5.74) is 4.43. The van der Waals surface area contributed by atoms with Crippen LogP contribution >= 0.6 is 0 Å². The second kappa shape index (κ2) is 6.47. The Kier molecular flexibility index (Phi) is 4.38. The van der Waals surface area contributed by atoms with Crippen molar-refractivity contribution in [2.24, 2.45) is 0 Å². The molecule has 6 heteroatoms. The van der Waals surface area contributed by atoms with Gasteiger partial charge in [-0.05, 0) is 50.3 Å². The zero-order chi connectivity index (χ0) is 17.3. The van der Waals surface area contributed by atoms with Crippen molar-refractivity contribution in [2.45, 2.75) is 32.6 Å². The van der Waals surface area contributed by atoms with E-state index < -0.39 is 4.92 Å². The standard InChI is InChI=1S/C18H21N3O3/c1-12-10-13(21(22)23)11-19-18(12)24-17-9-8-16(20(2)3)14-6-4-5-7-15(14)17/h8-11H,4-7H2,1-3H3. The maximum atomic E-state index is 10.8. The molecule has 1 aromatic heterocycles. The van der Waals surface area contributed by atoms with Crippen LogP contribution in [0.2, 0.25) is 0 Å². The molecule has 0 radical (unpaired) electrons. The van der Waals surface area contributed by atoms with E-state index in [9.17, 15) is 10.1 Å². The number of rotatable bonds is 4. The lowest BCUT2D eigenvalue weighted by Crippen LogP contribution is -2.15. The topological polar surface area (TPSA) is 68.5 Å². The maximum absolute atomic E-state index is 10.8. The molecule has 24 heavy (non-hydrogen) atoms. The van der Waals surface area contributed by atoms with Crippen LogP contribution in [0, 0.1) is 17.0 Å². The number of nitro groups is 1. The lowest BCUT2D eigenvalue weighted by Gasteiger charge is -2.25. The lowest BCUT2D eigenvalue weighted by molar-refractivity contribution is -0.385. The minimum Gasteiger partial charge on any atom is -0.438 e. The molecule has 1 aliphatic carbocycles. The summed E-state index contributed by atoms with van der Waals surface area (Å²) in [5, 5.41) is 10.8. The Morgan fingerprint density at radius 1 is 1.21 bits per heavy atom. The van der Waals surface area contributed by atoms with E-state index in [0.29, 0.717) is 11.4 Å². The molecule has 1 aromatic carbocycles. The van der Waals surface area contributed by atoms with Gasteiger partial charge in [-0.3, -0.25) is 10.1 Å². The highest BCUT2D eigenvalue weighted by Crippen LogP contribution is 2.38. The molecule has 0 saturated carbocycles. The molecule has 0 atom stereocenters. The van der Waals surface area contributed by atoms with Gasteiger partial charge in [0.1, 0.15) is 11.9 Å². The van der Waals surface area contributed by atoms with Crippen molar-refractivity contribution in [1.82, 2.24) is 4.98 Å². The fourth-order valence-electron chi connectivity index (χ4n) is 3.19. The monoisotopic (exact) mass is 327 g/mol. The lowest BCUT2D eigenvalue weighted by atomic mass is 9.89. The molecule has 0 saturated heterocycles. The highest BCUT2D eigenvalue weighted by molar-refractivity contribution is 5.61. The third kappa shape index (κ3) is 3.04. The smallest absolute Gasteiger partial charge is 0.288 e. The summed E-state index contributed by atoms with van der Waals surface area (Å²) in [5.74, 6) is 1.23. The minimum atomic E-state index is -0.447. The van der Waals surface area contributed by atoms with Gasteiger partial charge in [-0.15, -0.1) is 0 Å². The molecule has 1 heterocycles. The number of anilines is 1. The van der Waals surface area contributed by atoms with E-state index in [-0.39, 0.29) is 5.69 Å². The summed E-state index contributed by atoms with van der Waals surface area (Å²) in [6.45, 7) is 1.77. The summed E-state index contributed by atoms with van der Waals surface area (Å²) in [4.78, 5) is 16.6. The molecule has 0 unspecified atom stereocenters. The highest BCUT2D eigenvalue weighted by atomic mass is 16.6. The van der Waals surface area contributed by atoms with Crippen molar-refractivity contribution in [1.29, 1.82) is 0 Å². The Morgan fingerprint density at radius 2 is 1.92 bits per heavy atom. The van der Waals surface area contributed by atoms with Gasteiger partial charge in [0, 0.05) is 37.0 Å². The molecular formula is C18H21N3O3. The van der Waals surface area contributed by atoms with Crippen molar-refractivity contribution < 1.29 is 9.66 Å². The van der Waals surface area contributed by atoms with Gasteiger partial charge in [-0.2, -0.15) is 0 Å². The summed E-state index contributed by atoms with van der Waals surface area (Å²) in [7, 11) is 4.10. The van der Waals surface area contributed by atoms with Crippen LogP contribution in [-0.4, -0.2) is 24.0 Å². The first-order valence-corrected chi connectivity index (χ1v) is 8.08. The van der Waals surface area contributed by atoms with Gasteiger partial charge in [0.15, 0.2) is 0 Å². The van der Waals surface area contributed by atoms with Gasteiger partial charge in [0.25, 0.3) is 5.69 Å². The number of hydrogen-bond acceptors (Lipinski definition) is 5. The van der Waals surface area contributed by atoms with E-state index in [1.165, 1.54) is 35.5 Å². The van der Waals surface area contributed by atoms with Crippen molar-refractivity contribution in [3.63, 3.8) is 0 Å². The Morgan fingerprint density at radius 3 is 2.54 bits per heavy atom. The van der Waals surface area contributed by atoms with Crippen molar-refractivity contribution >= 4 is 11.4 Å². The molecule has 126 valence electrons. The van der Waals surface area contributed by atoms with Gasteiger partial charge in [-0.1, -0.05) is 0 Å². The van der Waals surface area contributed by atoms with E-state index in [1.54, 1.807) is 6.92 Å². The van der Waals surface area contributed by atoms with Crippen molar-refractivity contribution in [3.8, 4) is 11.6 Å². The van der Waals surface area contributed by atoms with Crippen LogP contribution < -0.4 is 9.64 Å². The molecule has 0 amide bonds. The van der Waals surface area contributed by atoms with Gasteiger partial charge in [0.05, 0.1) is 4.92 Å². The van der Waals surface area contributed by atoms with Crippen molar-refractivity contribution in [2.75, 3.05) is 19.0 Å². The molecule has 0 fully saturated rings. The van der Waals surface area contributed by atoms with E-state index >= 15 is 0 Å². The molecular weight excluding hydrogens is 306 g/mol. The molecule has 0 aliphatic heterocycles. The van der Waals surface area contributed by atoms with E-state index in [1.807, 2.05) is 20.2 Å². The zero-order valence-corrected chi connectivity index (χ0v) is 14.2. The Balaban J connectivity index is 1.98. The maximum Gasteiger partial charge on any atom is 0.288 e. The number of benzene rings is 1. The molecule has 0 N–H and O–H groups in total. The SMILES string of the molecule is Cc1cc([N+](=O)[O-])cnc1Oc1ccc(N(C)C)c2c1CCCC2. The number of ether oxygens (including phenoxy) is 1. The van der Waals surface area contributed by atoms with Gasteiger partial charge < -0.3 is 9.64 Å². The quantitative estimate of drug-likeness (QED) is 0.626. The van der Waals surface area contributed by atoms with Crippen LogP contribution in [0.4, 0.5) is 11.4 Å². The first-order valence-electron chi connectivity index (χ1n) is 8.08. The number of fused-ring (bicyclic) bond motifs is 1. The molecule has 6 nitrogen and oxygen atoms in total. The van der Waals surface area contributed by atoms with E-state index in [0.717, 1.165) is 25.0 Å². The number of hydrogen-bond donors (Lipinski definition) is 0. The average molecular weight is 327 g/mol. The van der Waals surface area contributed by atoms with Crippen LogP contribution in [-0.2, 0) is 12.8 Å². The number of nitrogens with zero attached hydrogens (tertiary/aromatic N) is 3. The molecule has 0 spiro atoms. The summed E-state index contributed by atoms with van der Waals surface area (Å²) in [6.07, 6.45) is 5.60. The summed E-state index contributed by atoms with van der Waals surface area (Å²) in [6, 6.07) is 5.53. The minimum absolute atomic E-state index is 0.0233. The first-order chi connectivity index (χ1) is 11.5. The first kappa shape index (κ1) is 16.2. The number of aryl methyl sites for hydroxylation is 1. The third-order valence-electron chi connectivity index (χ3n) is 4.38. The Bertz CT molecular complexity index is 787. The largest absolute Gasteiger partial charge is 0.438 e. The second-order valence-corrected chi connectivity index (χ2v) is 6.32. The van der Waals surface area contributed by atoms with E-state index in [2.05, 4.69) is 16.0 Å². The fraction of sp³-hybridized carbons (Fsp3) is 0.389. The average Bonchev–Trinajstić information content (AvgIpc) is 2.56. The van der Waals surface area contributed by atoms with Gasteiger partial charge >= 0.3 is 0 Å². The summed E-state index contributed by atoms with van der Waals surface area (Å²) < 4.78 is 6.02. The van der Waals surface area contributed by atoms with Crippen LogP contribution in [0.1, 0.15) is 29.5 Å². The van der Waals surface area contributed by atoms with Crippen LogP contribution in [0.25, 0.3) is 0 Å². The molecule has 2 aromatic rings. The number of aromatic nitrogens is 1. The Labute approximate surface area is 141 Å². The third-order valence-corrected chi connectivity index (χ3v) is 4.38. The van der Waals surface area contributed by atoms with Crippen LogP contribution in [0.15, 0.2) is 24.4 Å². The Hall–Kier alpha value is -2.63. The van der Waals surface area contributed by atoms with Crippen LogP contribution in [0.3, 0.4) is 0 Å². The van der Waals surface area contributed by atoms with Gasteiger partial charge in [0.2, 0.25) is 5.88 Å². The normalized spacial score (nSPS) is 13.3.